The third-order valence-electron chi connectivity index (χ3n) is 7.11. The average molecular weight is 531 g/mol. The lowest BCUT2D eigenvalue weighted by Gasteiger charge is -2.29. The molecular formula is C28H34N8O3. The summed E-state index contributed by atoms with van der Waals surface area (Å²) < 4.78 is 10.1. The van der Waals surface area contributed by atoms with Crippen molar-refractivity contribution in [3.63, 3.8) is 0 Å². The minimum atomic E-state index is -0.272. The number of aromatic nitrogens is 6. The van der Waals surface area contributed by atoms with Gasteiger partial charge in [-0.25, -0.2) is 19.0 Å². The number of hydrogen-bond acceptors (Lipinski definition) is 8. The molecule has 1 aromatic carbocycles. The molecule has 1 fully saturated rings. The van der Waals surface area contributed by atoms with Crippen LogP contribution in [0.1, 0.15) is 44.2 Å². The molecule has 4 aromatic rings. The molecule has 0 unspecified atom stereocenters. The van der Waals surface area contributed by atoms with E-state index in [-0.39, 0.29) is 23.7 Å². The fourth-order valence-electron chi connectivity index (χ4n) is 5.03. The monoisotopic (exact) mass is 530 g/mol. The van der Waals surface area contributed by atoms with Crippen molar-refractivity contribution >= 4 is 22.7 Å². The summed E-state index contributed by atoms with van der Waals surface area (Å²) in [5.74, 6) is 1.92. The molecule has 0 spiro atoms. The van der Waals surface area contributed by atoms with E-state index in [9.17, 15) is 9.59 Å². The number of rotatable bonds is 8. The van der Waals surface area contributed by atoms with Crippen molar-refractivity contribution in [3.8, 4) is 11.6 Å². The van der Waals surface area contributed by atoms with Crippen LogP contribution < -0.4 is 21.2 Å². The van der Waals surface area contributed by atoms with E-state index in [1.807, 2.05) is 19.9 Å². The third kappa shape index (κ3) is 5.22. The van der Waals surface area contributed by atoms with Crippen LogP contribution in [0, 0.1) is 0 Å². The molecule has 0 aliphatic carbocycles. The van der Waals surface area contributed by atoms with Crippen LogP contribution in [-0.4, -0.2) is 61.3 Å². The second-order valence-electron chi connectivity index (χ2n) is 10.2. The van der Waals surface area contributed by atoms with E-state index in [1.165, 1.54) is 27.2 Å². The second kappa shape index (κ2) is 10.9. The Hall–Kier alpha value is -4.25. The summed E-state index contributed by atoms with van der Waals surface area (Å²) in [5, 5.41) is 8.17. The number of piperidine rings is 1. The molecule has 0 radical (unpaired) electrons. The lowest BCUT2D eigenvalue weighted by molar-refractivity contribution is 0.255. The number of ether oxygens (including phenoxy) is 1. The van der Waals surface area contributed by atoms with Gasteiger partial charge >= 0.3 is 0 Å². The predicted octanol–water partition coefficient (Wildman–Crippen LogP) is 3.47. The molecule has 11 heteroatoms. The fraction of sp³-hybridized carbons (Fsp3) is 0.393. The van der Waals surface area contributed by atoms with E-state index >= 15 is 0 Å². The van der Waals surface area contributed by atoms with Crippen molar-refractivity contribution in [3.05, 3.63) is 75.5 Å². The molecule has 1 saturated heterocycles. The lowest BCUT2D eigenvalue weighted by Crippen LogP contribution is -2.29. The third-order valence-corrected chi connectivity index (χ3v) is 7.11. The average Bonchev–Trinajstić information content (AvgIpc) is 3.19. The highest BCUT2D eigenvalue weighted by Gasteiger charge is 2.21. The molecule has 1 aliphatic rings. The number of nitrogens with zero attached hydrogens (tertiary/aromatic N) is 7. The first kappa shape index (κ1) is 26.4. The summed E-state index contributed by atoms with van der Waals surface area (Å²) in [7, 11) is 3.81. The maximum Gasteiger partial charge on any atom is 0.278 e. The van der Waals surface area contributed by atoms with Crippen LogP contribution in [0.4, 0.5) is 11.6 Å². The normalized spacial score (nSPS) is 14.7. The molecule has 0 bridgehead atoms. The first-order valence-corrected chi connectivity index (χ1v) is 13.1. The zero-order chi connectivity index (χ0) is 27.7. The Morgan fingerprint density at radius 2 is 1.95 bits per heavy atom. The summed E-state index contributed by atoms with van der Waals surface area (Å²) in [6.45, 7) is 9.89. The highest BCUT2D eigenvalue weighted by atomic mass is 16.5. The van der Waals surface area contributed by atoms with Gasteiger partial charge in [0, 0.05) is 24.0 Å². The van der Waals surface area contributed by atoms with E-state index in [0.29, 0.717) is 28.7 Å². The number of allylic oxidation sites excluding steroid dienone is 1. The summed E-state index contributed by atoms with van der Waals surface area (Å²) in [5.41, 5.74) is 1.89. The number of benzene rings is 1. The number of methoxy groups -OCH3 is 1. The maximum absolute atomic E-state index is 13.3. The van der Waals surface area contributed by atoms with Crippen LogP contribution in [0.2, 0.25) is 0 Å². The molecule has 4 heterocycles. The van der Waals surface area contributed by atoms with E-state index in [1.54, 1.807) is 23.9 Å². The largest absolute Gasteiger partial charge is 0.497 e. The first-order valence-electron chi connectivity index (χ1n) is 13.1. The van der Waals surface area contributed by atoms with Crippen molar-refractivity contribution in [2.24, 2.45) is 0 Å². The molecule has 11 nitrogen and oxygen atoms in total. The number of anilines is 2. The summed E-state index contributed by atoms with van der Waals surface area (Å²) in [6, 6.07) is 8.98. The van der Waals surface area contributed by atoms with Crippen LogP contribution in [0.15, 0.2) is 58.8 Å². The molecule has 1 N–H and O–H groups in total. The van der Waals surface area contributed by atoms with Gasteiger partial charge in [-0.3, -0.25) is 9.59 Å². The highest BCUT2D eigenvalue weighted by Crippen LogP contribution is 2.33. The minimum Gasteiger partial charge on any atom is -0.497 e. The van der Waals surface area contributed by atoms with Gasteiger partial charge in [-0.1, -0.05) is 6.08 Å². The Morgan fingerprint density at radius 1 is 1.18 bits per heavy atom. The molecule has 39 heavy (non-hydrogen) atoms. The second-order valence-corrected chi connectivity index (χ2v) is 10.2. The minimum absolute atomic E-state index is 0.155. The molecule has 0 saturated carbocycles. The highest BCUT2D eigenvalue weighted by molar-refractivity contribution is 5.77. The van der Waals surface area contributed by atoms with Gasteiger partial charge in [-0.15, -0.1) is 11.7 Å². The van der Waals surface area contributed by atoms with Crippen molar-refractivity contribution in [2.75, 3.05) is 32.6 Å². The Bertz CT molecular complexity index is 1630. The SMILES string of the molecule is C=CCn1c(=O)c2cnc(Nc3cc(OC)cc(C4CCN(C)CC4)c3)nc2n1-c1ccc(=O)n(C(C)C)n1. The predicted molar refractivity (Wildman–Crippen MR) is 152 cm³/mol. The van der Waals surface area contributed by atoms with Gasteiger partial charge in [-0.05, 0) is 76.5 Å². The fourth-order valence-corrected chi connectivity index (χ4v) is 5.03. The standard InChI is InChI=1S/C28H34N8O3/c1-6-11-34-27(38)23-17-29-28(31-26(23)36(34)24-7-8-25(37)35(32-24)18(2)3)30-21-14-20(15-22(16-21)39-5)19-9-12-33(4)13-10-19/h6-8,14-19H,1,9-13H2,2-5H3,(H,29,30,31). The van der Waals surface area contributed by atoms with Crippen molar-refractivity contribution in [1.82, 2.24) is 34.0 Å². The molecule has 0 atom stereocenters. The first-order chi connectivity index (χ1) is 18.8. The van der Waals surface area contributed by atoms with E-state index < -0.39 is 0 Å². The molecule has 5 rings (SSSR count). The lowest BCUT2D eigenvalue weighted by atomic mass is 9.89. The van der Waals surface area contributed by atoms with Gasteiger partial charge in [-0.2, -0.15) is 4.98 Å². The van der Waals surface area contributed by atoms with Gasteiger partial charge < -0.3 is 15.0 Å². The Morgan fingerprint density at radius 3 is 2.64 bits per heavy atom. The summed E-state index contributed by atoms with van der Waals surface area (Å²) >= 11 is 0. The topological polar surface area (TPSA) is 112 Å². The quantitative estimate of drug-likeness (QED) is 0.345. The molecule has 3 aromatic heterocycles. The molecule has 0 amide bonds. The van der Waals surface area contributed by atoms with Gasteiger partial charge in [0.15, 0.2) is 11.5 Å². The summed E-state index contributed by atoms with van der Waals surface area (Å²) in [4.78, 5) is 37.1. The zero-order valence-electron chi connectivity index (χ0n) is 22.8. The number of fused-ring (bicyclic) bond motifs is 1. The smallest absolute Gasteiger partial charge is 0.278 e. The molecular weight excluding hydrogens is 496 g/mol. The van der Waals surface area contributed by atoms with Gasteiger partial charge in [0.2, 0.25) is 5.95 Å². The Kier molecular flexibility index (Phi) is 7.34. The van der Waals surface area contributed by atoms with Crippen LogP contribution in [0.3, 0.4) is 0 Å². The van der Waals surface area contributed by atoms with Crippen molar-refractivity contribution in [2.45, 2.75) is 45.2 Å². The van der Waals surface area contributed by atoms with E-state index in [4.69, 9.17) is 9.72 Å². The maximum atomic E-state index is 13.3. The van der Waals surface area contributed by atoms with E-state index in [0.717, 1.165) is 37.4 Å². The van der Waals surface area contributed by atoms with Crippen molar-refractivity contribution < 1.29 is 4.74 Å². The molecule has 204 valence electrons. The van der Waals surface area contributed by atoms with Gasteiger partial charge in [0.1, 0.15) is 11.1 Å². The van der Waals surface area contributed by atoms with Gasteiger partial charge in [0.05, 0.1) is 19.7 Å². The van der Waals surface area contributed by atoms with Gasteiger partial charge in [0.25, 0.3) is 11.1 Å². The number of likely N-dealkylation sites (tertiary alicyclic amines) is 1. The Balaban J connectivity index is 1.58. The van der Waals surface area contributed by atoms with Crippen LogP contribution in [0.25, 0.3) is 16.9 Å². The van der Waals surface area contributed by atoms with Crippen LogP contribution in [0.5, 0.6) is 5.75 Å². The van der Waals surface area contributed by atoms with E-state index in [2.05, 4.69) is 46.1 Å². The van der Waals surface area contributed by atoms with Crippen molar-refractivity contribution in [1.29, 1.82) is 0 Å². The number of nitrogens with one attached hydrogen (secondary N) is 1. The number of hydrogen-bond donors (Lipinski definition) is 1. The zero-order valence-corrected chi connectivity index (χ0v) is 22.8. The van der Waals surface area contributed by atoms with Crippen LogP contribution >= 0.6 is 0 Å². The Labute approximate surface area is 226 Å². The molecule has 1 aliphatic heterocycles. The summed E-state index contributed by atoms with van der Waals surface area (Å²) in [6.07, 6.45) is 5.31. The van der Waals surface area contributed by atoms with Crippen LogP contribution in [-0.2, 0) is 6.54 Å².